The van der Waals surface area contributed by atoms with Gasteiger partial charge in [-0.25, -0.2) is 9.37 Å². The van der Waals surface area contributed by atoms with Gasteiger partial charge < -0.3 is 10.5 Å². The Morgan fingerprint density at radius 2 is 1.95 bits per heavy atom. The molecule has 0 fully saturated rings. The minimum absolute atomic E-state index is 0.0374. The molecule has 0 amide bonds. The fourth-order valence-electron chi connectivity index (χ4n) is 2.03. The average Bonchev–Trinajstić information content (AvgIpc) is 2.42. The molecule has 1 heterocycles. The smallest absolute Gasteiger partial charge is 0.256 e. The van der Waals surface area contributed by atoms with Crippen LogP contribution in [0.3, 0.4) is 0 Å². The lowest BCUT2D eigenvalue weighted by Crippen LogP contribution is -2.11. The maximum absolute atomic E-state index is 14.1. The first-order valence-electron chi connectivity index (χ1n) is 6.95. The van der Waals surface area contributed by atoms with Gasteiger partial charge in [-0.2, -0.15) is 0 Å². The van der Waals surface area contributed by atoms with Crippen LogP contribution in [0.25, 0.3) is 0 Å². The molecule has 0 unspecified atom stereocenters. The van der Waals surface area contributed by atoms with Gasteiger partial charge in [0.05, 0.1) is 0 Å². The molecule has 1 aromatic heterocycles. The molecule has 2 aromatic rings. The second-order valence-corrected chi connectivity index (χ2v) is 6.13. The Balaban J connectivity index is 2.33. The number of hydrogen-bond acceptors (Lipinski definition) is 3. The third-order valence-corrected chi connectivity index (χ3v) is 3.40. The Labute approximate surface area is 125 Å². The SMILES string of the molecule is Cc1cc(C(C)(C)C)ccc1Oc1nccc(CN)c1F. The van der Waals surface area contributed by atoms with Crippen LogP contribution >= 0.6 is 0 Å². The van der Waals surface area contributed by atoms with E-state index in [0.29, 0.717) is 11.3 Å². The highest BCUT2D eigenvalue weighted by Gasteiger charge is 2.16. The van der Waals surface area contributed by atoms with E-state index >= 15 is 0 Å². The molecule has 0 atom stereocenters. The number of nitrogens with two attached hydrogens (primary N) is 1. The zero-order chi connectivity index (χ0) is 15.6. The first-order chi connectivity index (χ1) is 9.82. The number of hydrogen-bond donors (Lipinski definition) is 1. The summed E-state index contributed by atoms with van der Waals surface area (Å²) in [6.45, 7) is 8.50. The normalized spacial score (nSPS) is 11.5. The predicted octanol–water partition coefficient (Wildman–Crippen LogP) is 4.08. The van der Waals surface area contributed by atoms with Crippen molar-refractivity contribution < 1.29 is 9.13 Å². The van der Waals surface area contributed by atoms with E-state index in [0.717, 1.165) is 5.56 Å². The fraction of sp³-hybridized carbons (Fsp3) is 0.353. The van der Waals surface area contributed by atoms with Crippen molar-refractivity contribution in [1.29, 1.82) is 0 Å². The van der Waals surface area contributed by atoms with Gasteiger partial charge in [0.15, 0.2) is 5.82 Å². The summed E-state index contributed by atoms with van der Waals surface area (Å²) in [7, 11) is 0. The summed E-state index contributed by atoms with van der Waals surface area (Å²) in [5, 5.41) is 0. The van der Waals surface area contributed by atoms with Crippen LogP contribution in [0.2, 0.25) is 0 Å². The van der Waals surface area contributed by atoms with E-state index < -0.39 is 5.82 Å². The van der Waals surface area contributed by atoms with Crippen molar-refractivity contribution in [2.24, 2.45) is 5.73 Å². The van der Waals surface area contributed by atoms with Gasteiger partial charge in [-0.1, -0.05) is 32.9 Å². The molecule has 0 radical (unpaired) electrons. The van der Waals surface area contributed by atoms with E-state index in [1.54, 1.807) is 6.07 Å². The van der Waals surface area contributed by atoms with Gasteiger partial charge in [0, 0.05) is 18.3 Å². The number of aromatic nitrogens is 1. The molecule has 0 saturated heterocycles. The third-order valence-electron chi connectivity index (χ3n) is 3.40. The molecule has 0 aliphatic rings. The van der Waals surface area contributed by atoms with E-state index in [2.05, 4.69) is 31.8 Å². The summed E-state index contributed by atoms with van der Waals surface area (Å²) in [4.78, 5) is 3.94. The lowest BCUT2D eigenvalue weighted by molar-refractivity contribution is 0.416. The monoisotopic (exact) mass is 288 g/mol. The molecule has 2 N–H and O–H groups in total. The van der Waals surface area contributed by atoms with Gasteiger partial charge in [0.1, 0.15) is 5.75 Å². The quantitative estimate of drug-likeness (QED) is 0.925. The second kappa shape index (κ2) is 5.82. The Hall–Kier alpha value is -1.94. The second-order valence-electron chi connectivity index (χ2n) is 6.13. The van der Waals surface area contributed by atoms with Gasteiger partial charge in [-0.05, 0) is 35.6 Å². The summed E-state index contributed by atoms with van der Waals surface area (Å²) in [6.07, 6.45) is 1.50. The molecular formula is C17H21FN2O. The minimum Gasteiger partial charge on any atom is -0.436 e. The van der Waals surface area contributed by atoms with Gasteiger partial charge >= 0.3 is 0 Å². The third kappa shape index (κ3) is 3.39. The highest BCUT2D eigenvalue weighted by atomic mass is 19.1. The number of rotatable bonds is 3. The number of aryl methyl sites for hydroxylation is 1. The average molecular weight is 288 g/mol. The molecule has 0 bridgehead atoms. The zero-order valence-electron chi connectivity index (χ0n) is 12.9. The van der Waals surface area contributed by atoms with Crippen molar-refractivity contribution >= 4 is 0 Å². The predicted molar refractivity (Wildman–Crippen MR) is 82.0 cm³/mol. The van der Waals surface area contributed by atoms with Gasteiger partial charge in [0.2, 0.25) is 0 Å². The van der Waals surface area contributed by atoms with Gasteiger partial charge in [0.25, 0.3) is 5.88 Å². The standard InChI is InChI=1S/C17H21FN2O/c1-11-9-13(17(2,3)4)5-6-14(11)21-16-15(18)12(10-19)7-8-20-16/h5-9H,10,19H2,1-4H3. The van der Waals surface area contributed by atoms with E-state index in [-0.39, 0.29) is 17.8 Å². The molecular weight excluding hydrogens is 267 g/mol. The molecule has 112 valence electrons. The van der Waals surface area contributed by atoms with Crippen molar-refractivity contribution in [3.05, 3.63) is 53.0 Å². The molecule has 3 nitrogen and oxygen atoms in total. The zero-order valence-corrected chi connectivity index (χ0v) is 12.9. The summed E-state index contributed by atoms with van der Waals surface area (Å²) in [5.41, 5.74) is 8.09. The molecule has 0 saturated carbocycles. The van der Waals surface area contributed by atoms with Crippen molar-refractivity contribution in [1.82, 2.24) is 4.98 Å². The van der Waals surface area contributed by atoms with Crippen LogP contribution in [0.1, 0.15) is 37.5 Å². The molecule has 4 heteroatoms. The van der Waals surface area contributed by atoms with Crippen LogP contribution in [0, 0.1) is 12.7 Å². The van der Waals surface area contributed by atoms with Crippen molar-refractivity contribution in [2.45, 2.75) is 39.7 Å². The van der Waals surface area contributed by atoms with Gasteiger partial charge in [-0.3, -0.25) is 0 Å². The molecule has 0 spiro atoms. The molecule has 2 rings (SSSR count). The molecule has 1 aromatic carbocycles. The maximum atomic E-state index is 14.1. The van der Waals surface area contributed by atoms with E-state index in [1.165, 1.54) is 11.8 Å². The van der Waals surface area contributed by atoms with Crippen LogP contribution in [-0.2, 0) is 12.0 Å². The molecule has 21 heavy (non-hydrogen) atoms. The van der Waals surface area contributed by atoms with Crippen molar-refractivity contribution in [2.75, 3.05) is 0 Å². The van der Waals surface area contributed by atoms with E-state index in [4.69, 9.17) is 10.5 Å². The summed E-state index contributed by atoms with van der Waals surface area (Å²) in [5.74, 6) is 0.0624. The number of pyridine rings is 1. The maximum Gasteiger partial charge on any atom is 0.256 e. The van der Waals surface area contributed by atoms with Crippen LogP contribution in [0.4, 0.5) is 4.39 Å². The first kappa shape index (κ1) is 15.4. The van der Waals surface area contributed by atoms with Crippen LogP contribution in [-0.4, -0.2) is 4.98 Å². The Morgan fingerprint density at radius 1 is 1.24 bits per heavy atom. The lowest BCUT2D eigenvalue weighted by Gasteiger charge is -2.20. The van der Waals surface area contributed by atoms with Crippen molar-refractivity contribution in [3.8, 4) is 11.6 Å². The number of nitrogens with zero attached hydrogens (tertiary/aromatic N) is 1. The Morgan fingerprint density at radius 3 is 2.52 bits per heavy atom. The molecule has 0 aliphatic carbocycles. The first-order valence-corrected chi connectivity index (χ1v) is 6.95. The van der Waals surface area contributed by atoms with Crippen LogP contribution in [0.5, 0.6) is 11.6 Å². The van der Waals surface area contributed by atoms with E-state index in [1.807, 2.05) is 19.1 Å². The largest absolute Gasteiger partial charge is 0.436 e. The highest BCUT2D eigenvalue weighted by Crippen LogP contribution is 2.31. The topological polar surface area (TPSA) is 48.1 Å². The number of ether oxygens (including phenoxy) is 1. The Kier molecular flexibility index (Phi) is 4.28. The van der Waals surface area contributed by atoms with Crippen LogP contribution < -0.4 is 10.5 Å². The molecule has 0 aliphatic heterocycles. The highest BCUT2D eigenvalue weighted by molar-refractivity contribution is 5.41. The Bertz CT molecular complexity index is 648. The number of benzene rings is 1. The van der Waals surface area contributed by atoms with Gasteiger partial charge in [-0.15, -0.1) is 0 Å². The number of halogens is 1. The summed E-state index contributed by atoms with van der Waals surface area (Å²) in [6, 6.07) is 7.46. The lowest BCUT2D eigenvalue weighted by atomic mass is 9.86. The van der Waals surface area contributed by atoms with Crippen molar-refractivity contribution in [3.63, 3.8) is 0 Å². The van der Waals surface area contributed by atoms with E-state index in [9.17, 15) is 4.39 Å². The minimum atomic E-state index is -0.501. The summed E-state index contributed by atoms with van der Waals surface area (Å²) < 4.78 is 19.7. The van der Waals surface area contributed by atoms with Crippen LogP contribution in [0.15, 0.2) is 30.5 Å². The summed E-state index contributed by atoms with van der Waals surface area (Å²) >= 11 is 0. The fourth-order valence-corrected chi connectivity index (χ4v) is 2.03.